The number of benzene rings is 4. The molecule has 0 aliphatic carbocycles. The summed E-state index contributed by atoms with van der Waals surface area (Å²) in [5.74, 6) is 0.632. The highest BCUT2D eigenvalue weighted by atomic mass is 79.9. The van der Waals surface area contributed by atoms with E-state index in [4.69, 9.17) is 25.1 Å². The summed E-state index contributed by atoms with van der Waals surface area (Å²) in [6, 6.07) is 32.9. The summed E-state index contributed by atoms with van der Waals surface area (Å²) in [4.78, 5) is 22.6. The van der Waals surface area contributed by atoms with Crippen LogP contribution < -0.4 is 15.6 Å². The minimum Gasteiger partial charge on any atom is -0.494 e. The van der Waals surface area contributed by atoms with Crippen LogP contribution in [-0.4, -0.2) is 42.2 Å². The zero-order valence-electron chi connectivity index (χ0n) is 26.6. The summed E-state index contributed by atoms with van der Waals surface area (Å²) in [5.41, 5.74) is 18.1. The van der Waals surface area contributed by atoms with Gasteiger partial charge >= 0.3 is 0 Å². The largest absolute Gasteiger partial charge is 0.494 e. The van der Waals surface area contributed by atoms with Crippen LogP contribution in [0.2, 0.25) is 0 Å². The van der Waals surface area contributed by atoms with Gasteiger partial charge in [0.25, 0.3) is 5.91 Å². The van der Waals surface area contributed by atoms with E-state index in [1.54, 1.807) is 0 Å². The third-order valence-electron chi connectivity index (χ3n) is 8.16. The van der Waals surface area contributed by atoms with Gasteiger partial charge in [0.15, 0.2) is 11.6 Å². The highest BCUT2D eigenvalue weighted by Gasteiger charge is 2.54. The summed E-state index contributed by atoms with van der Waals surface area (Å²) in [7, 11) is 0. The van der Waals surface area contributed by atoms with Gasteiger partial charge in [-0.1, -0.05) is 93.8 Å². The second-order valence-electron chi connectivity index (χ2n) is 11.5. The predicted octanol–water partition coefficient (Wildman–Crippen LogP) is 7.16. The first-order valence-electron chi connectivity index (χ1n) is 16.0. The fourth-order valence-corrected chi connectivity index (χ4v) is 6.16. The highest BCUT2D eigenvalue weighted by molar-refractivity contribution is 9.10. The van der Waals surface area contributed by atoms with Crippen LogP contribution in [0.25, 0.3) is 10.4 Å². The molecule has 0 fully saturated rings. The fraction of sp³-hybridized carbons (Fsp3) is 0.297. The Kier molecular flexibility index (Phi) is 12.6. The maximum atomic E-state index is 14.5. The smallest absolute Gasteiger partial charge is 0.266 e. The Balaban J connectivity index is 1.46. The van der Waals surface area contributed by atoms with Gasteiger partial charge in [0.2, 0.25) is 5.90 Å². The Morgan fingerprint density at radius 1 is 0.958 bits per heavy atom. The van der Waals surface area contributed by atoms with Crippen molar-refractivity contribution >= 4 is 27.7 Å². The SMILES string of the molecule is [N-]=[N+]=NCc1ccccc1C[C@]1(C(=O)NNCCCCc2ccccc2)N=C(c2ccc(OCCCO)cc2)O[C@H]1c1ccccc1Br. The first-order valence-corrected chi connectivity index (χ1v) is 16.8. The van der Waals surface area contributed by atoms with Gasteiger partial charge in [-0.25, -0.2) is 10.4 Å². The number of aliphatic hydroxyl groups excluding tert-OH is 1. The minimum absolute atomic E-state index is 0.0534. The summed E-state index contributed by atoms with van der Waals surface area (Å²) < 4.78 is 13.2. The predicted molar refractivity (Wildman–Crippen MR) is 189 cm³/mol. The van der Waals surface area contributed by atoms with Gasteiger partial charge in [0.1, 0.15) is 5.75 Å². The normalized spacial score (nSPS) is 16.8. The highest BCUT2D eigenvalue weighted by Crippen LogP contribution is 2.45. The van der Waals surface area contributed by atoms with E-state index in [2.05, 4.69) is 48.9 Å². The number of halogens is 1. The number of carbonyl (C=O) groups is 1. The molecule has 1 aliphatic heterocycles. The van der Waals surface area contributed by atoms with Gasteiger partial charge in [0.05, 0.1) is 13.2 Å². The van der Waals surface area contributed by atoms with E-state index < -0.39 is 11.6 Å². The number of azide groups is 1. The molecule has 1 aliphatic rings. The van der Waals surface area contributed by atoms with Crippen molar-refractivity contribution in [3.63, 3.8) is 0 Å². The monoisotopic (exact) mass is 710 g/mol. The second kappa shape index (κ2) is 17.5. The Bertz CT molecular complexity index is 1730. The van der Waals surface area contributed by atoms with Crippen molar-refractivity contribution in [3.8, 4) is 5.75 Å². The van der Waals surface area contributed by atoms with Crippen LogP contribution in [0.1, 0.15) is 53.2 Å². The van der Waals surface area contributed by atoms with Crippen LogP contribution in [0, 0.1) is 0 Å². The molecule has 4 aromatic carbocycles. The molecular weight excluding hydrogens is 672 g/mol. The maximum Gasteiger partial charge on any atom is 0.266 e. The van der Waals surface area contributed by atoms with E-state index in [1.165, 1.54) is 5.56 Å². The molecule has 1 heterocycles. The number of aryl methyl sites for hydroxylation is 1. The van der Waals surface area contributed by atoms with Gasteiger partial charge in [-0.15, -0.1) is 0 Å². The lowest BCUT2D eigenvalue weighted by Gasteiger charge is -2.32. The summed E-state index contributed by atoms with van der Waals surface area (Å²) in [5, 5.41) is 12.9. The summed E-state index contributed by atoms with van der Waals surface area (Å²) >= 11 is 3.69. The number of aliphatic imine (C=N–C) groups is 1. The molecule has 11 heteroatoms. The number of unbranched alkanes of at least 4 members (excludes halogenated alkanes) is 1. The van der Waals surface area contributed by atoms with E-state index in [1.807, 2.05) is 91.0 Å². The topological polar surface area (TPSA) is 141 Å². The van der Waals surface area contributed by atoms with Crippen molar-refractivity contribution in [2.45, 2.75) is 50.3 Å². The Morgan fingerprint density at radius 2 is 1.69 bits per heavy atom. The maximum absolute atomic E-state index is 14.5. The Labute approximate surface area is 288 Å². The number of nitrogens with zero attached hydrogens (tertiary/aromatic N) is 4. The number of rotatable bonds is 17. The molecule has 248 valence electrons. The van der Waals surface area contributed by atoms with Crippen molar-refractivity contribution in [1.29, 1.82) is 0 Å². The van der Waals surface area contributed by atoms with Gasteiger partial charge in [0, 0.05) is 46.5 Å². The molecule has 5 rings (SSSR count). The molecule has 0 radical (unpaired) electrons. The first kappa shape index (κ1) is 34.7. The van der Waals surface area contributed by atoms with Crippen LogP contribution in [0.15, 0.2) is 118 Å². The Hall–Kier alpha value is -4.67. The summed E-state index contributed by atoms with van der Waals surface area (Å²) in [6.07, 6.45) is 2.71. The fourth-order valence-electron chi connectivity index (χ4n) is 5.67. The molecule has 0 unspecified atom stereocenters. The number of aliphatic hydroxyl groups is 1. The average molecular weight is 712 g/mol. The van der Waals surface area contributed by atoms with Gasteiger partial charge < -0.3 is 14.6 Å². The lowest BCUT2D eigenvalue weighted by Crippen LogP contribution is -2.54. The molecule has 0 saturated carbocycles. The zero-order valence-corrected chi connectivity index (χ0v) is 28.2. The number of nitrogens with one attached hydrogen (secondary N) is 2. The molecule has 0 bridgehead atoms. The molecular formula is C37H39BrN6O4. The molecule has 0 saturated heterocycles. The van der Waals surface area contributed by atoms with Crippen molar-refractivity contribution in [3.05, 3.63) is 146 Å². The minimum atomic E-state index is -1.43. The third kappa shape index (κ3) is 8.81. The number of hydrogen-bond acceptors (Lipinski definition) is 7. The molecule has 4 aromatic rings. The number of ether oxygens (including phenoxy) is 2. The molecule has 48 heavy (non-hydrogen) atoms. The molecule has 2 atom stereocenters. The van der Waals surface area contributed by atoms with Crippen LogP contribution in [0.4, 0.5) is 0 Å². The van der Waals surface area contributed by atoms with Gasteiger partial charge in [-0.3, -0.25) is 10.2 Å². The summed E-state index contributed by atoms with van der Waals surface area (Å²) in [6.45, 7) is 1.17. The van der Waals surface area contributed by atoms with Gasteiger partial charge in [-0.05, 0) is 71.8 Å². The first-order chi connectivity index (χ1) is 23.5. The van der Waals surface area contributed by atoms with Crippen LogP contribution >= 0.6 is 15.9 Å². The third-order valence-corrected chi connectivity index (χ3v) is 8.88. The lowest BCUT2D eigenvalue weighted by atomic mass is 9.81. The molecule has 0 spiro atoms. The second-order valence-corrected chi connectivity index (χ2v) is 12.3. The van der Waals surface area contributed by atoms with E-state index in [0.29, 0.717) is 36.8 Å². The molecule has 1 amide bonds. The number of amides is 1. The van der Waals surface area contributed by atoms with E-state index in [-0.39, 0.29) is 25.5 Å². The van der Waals surface area contributed by atoms with E-state index in [0.717, 1.165) is 40.4 Å². The van der Waals surface area contributed by atoms with Gasteiger partial charge in [-0.2, -0.15) is 0 Å². The Morgan fingerprint density at radius 3 is 2.44 bits per heavy atom. The molecule has 0 aromatic heterocycles. The number of carbonyl (C=O) groups excluding carboxylic acids is 1. The number of hydrazine groups is 1. The number of hydrogen-bond donors (Lipinski definition) is 3. The van der Waals surface area contributed by atoms with Crippen molar-refractivity contribution < 1.29 is 19.4 Å². The standard InChI is InChI=1S/C37H39BrN6O4/c38-33-17-7-6-16-32(33)34-37(25-29-14-4-5-15-30(29)26-41-44-39,36(46)43-40-22-9-8-13-27-11-2-1-3-12-27)42-35(48-34)28-18-20-31(21-19-28)47-24-10-23-45/h1-7,11-12,14-21,34,40,45H,8-10,13,22-26H2,(H,43,46)/t34-,37-/m0/s1. The van der Waals surface area contributed by atoms with Crippen LogP contribution in [0.3, 0.4) is 0 Å². The van der Waals surface area contributed by atoms with E-state index >= 15 is 0 Å². The van der Waals surface area contributed by atoms with Crippen molar-refractivity contribution in [1.82, 2.24) is 10.9 Å². The lowest BCUT2D eigenvalue weighted by molar-refractivity contribution is -0.130. The zero-order chi connectivity index (χ0) is 33.6. The van der Waals surface area contributed by atoms with Crippen molar-refractivity contribution in [2.24, 2.45) is 10.1 Å². The molecule has 3 N–H and O–H groups in total. The quantitative estimate of drug-likeness (QED) is 0.0351. The molecule has 10 nitrogen and oxygen atoms in total. The van der Waals surface area contributed by atoms with Crippen LogP contribution in [0.5, 0.6) is 5.75 Å². The average Bonchev–Trinajstić information content (AvgIpc) is 3.50. The van der Waals surface area contributed by atoms with Crippen molar-refractivity contribution in [2.75, 3.05) is 19.8 Å². The van der Waals surface area contributed by atoms with E-state index in [9.17, 15) is 4.79 Å². The van der Waals surface area contributed by atoms with Crippen LogP contribution in [-0.2, 0) is 28.9 Å².